The molecule has 0 fully saturated rings. The van der Waals surface area contributed by atoms with E-state index in [9.17, 15) is 4.79 Å². The fraction of sp³-hybridized carbons (Fsp3) is 0.263. The molecule has 2 N–H and O–H groups in total. The molecule has 24 heavy (non-hydrogen) atoms. The summed E-state index contributed by atoms with van der Waals surface area (Å²) in [6.07, 6.45) is 5.14. The number of ether oxygens (including phenoxy) is 1. The Morgan fingerprint density at radius 1 is 1.12 bits per heavy atom. The van der Waals surface area contributed by atoms with Gasteiger partial charge in [-0.3, -0.25) is 5.43 Å². The summed E-state index contributed by atoms with van der Waals surface area (Å²) in [5.74, 6) is -0.0810. The van der Waals surface area contributed by atoms with E-state index in [1.54, 1.807) is 18.3 Å². The topological polar surface area (TPSA) is 70.9 Å². The van der Waals surface area contributed by atoms with E-state index in [4.69, 9.17) is 9.84 Å². The van der Waals surface area contributed by atoms with Crippen LogP contribution < -0.4 is 10.2 Å². The van der Waals surface area contributed by atoms with Crippen LogP contribution in [-0.4, -0.2) is 23.9 Å². The van der Waals surface area contributed by atoms with Crippen LogP contribution in [0.2, 0.25) is 0 Å². The van der Waals surface area contributed by atoms with Crippen molar-refractivity contribution >= 4 is 17.9 Å². The van der Waals surface area contributed by atoms with Gasteiger partial charge in [-0.05, 0) is 60.5 Å². The lowest BCUT2D eigenvalue weighted by atomic mass is 10.2. The van der Waals surface area contributed by atoms with Gasteiger partial charge in [0.25, 0.3) is 0 Å². The molecular formula is C19H22N2O3. The predicted molar refractivity (Wildman–Crippen MR) is 96.1 cm³/mol. The van der Waals surface area contributed by atoms with Gasteiger partial charge in [-0.25, -0.2) is 4.79 Å². The van der Waals surface area contributed by atoms with Crippen molar-refractivity contribution in [1.82, 2.24) is 0 Å². The minimum Gasteiger partial charge on any atom is -0.494 e. The van der Waals surface area contributed by atoms with Crippen LogP contribution in [0.5, 0.6) is 5.75 Å². The zero-order valence-electron chi connectivity index (χ0n) is 13.7. The van der Waals surface area contributed by atoms with Gasteiger partial charge in [0, 0.05) is 0 Å². The highest BCUT2D eigenvalue weighted by Crippen LogP contribution is 2.13. The smallest absolute Gasteiger partial charge is 0.335 e. The average Bonchev–Trinajstić information content (AvgIpc) is 2.60. The second-order valence-electron chi connectivity index (χ2n) is 5.38. The molecule has 0 unspecified atom stereocenters. The van der Waals surface area contributed by atoms with E-state index >= 15 is 0 Å². The first-order valence-electron chi connectivity index (χ1n) is 8.04. The molecule has 0 saturated carbocycles. The van der Waals surface area contributed by atoms with Crippen LogP contribution in [0.4, 0.5) is 5.69 Å². The van der Waals surface area contributed by atoms with Gasteiger partial charge in [0.05, 0.1) is 24.1 Å². The number of unbranched alkanes of at least 4 members (excludes halogenated alkanes) is 2. The van der Waals surface area contributed by atoms with Crippen LogP contribution in [0.3, 0.4) is 0 Å². The summed E-state index contributed by atoms with van der Waals surface area (Å²) in [7, 11) is 0. The minimum absolute atomic E-state index is 0.249. The third-order valence-corrected chi connectivity index (χ3v) is 3.44. The number of nitrogens with one attached hydrogen (secondary N) is 1. The number of nitrogens with zero attached hydrogens (tertiary/aromatic N) is 1. The summed E-state index contributed by atoms with van der Waals surface area (Å²) >= 11 is 0. The van der Waals surface area contributed by atoms with E-state index in [1.807, 2.05) is 24.3 Å². The summed E-state index contributed by atoms with van der Waals surface area (Å²) in [4.78, 5) is 10.8. The monoisotopic (exact) mass is 326 g/mol. The standard InChI is InChI=1S/C19H22N2O3/c1-2-3-4-13-24-18-11-5-15(6-12-18)14-20-21-17-9-7-16(8-10-17)19(22)23/h5-12,14,21H,2-4,13H2,1H3,(H,22,23)/b20-14+. The van der Waals surface area contributed by atoms with E-state index in [2.05, 4.69) is 17.5 Å². The Labute approximate surface area is 142 Å². The highest BCUT2D eigenvalue weighted by atomic mass is 16.5. The Morgan fingerprint density at radius 2 is 1.83 bits per heavy atom. The summed E-state index contributed by atoms with van der Waals surface area (Å²) in [6, 6.07) is 14.1. The van der Waals surface area contributed by atoms with E-state index in [0.29, 0.717) is 0 Å². The van der Waals surface area contributed by atoms with Gasteiger partial charge in [-0.1, -0.05) is 19.8 Å². The molecule has 126 valence electrons. The molecule has 0 aromatic heterocycles. The number of carboxylic acid groups (broad SMARTS) is 1. The number of anilines is 1. The summed E-state index contributed by atoms with van der Waals surface area (Å²) in [5, 5.41) is 13.0. The lowest BCUT2D eigenvalue weighted by Crippen LogP contribution is -1.97. The van der Waals surface area contributed by atoms with Crippen LogP contribution in [0.15, 0.2) is 53.6 Å². The number of hydrogen-bond acceptors (Lipinski definition) is 4. The van der Waals surface area contributed by atoms with E-state index in [-0.39, 0.29) is 5.56 Å². The molecule has 0 heterocycles. The van der Waals surface area contributed by atoms with Crippen LogP contribution in [0.1, 0.15) is 42.1 Å². The third kappa shape index (κ3) is 5.76. The molecule has 2 aromatic rings. The van der Waals surface area contributed by atoms with Crippen molar-refractivity contribution < 1.29 is 14.6 Å². The molecule has 0 bridgehead atoms. The molecule has 5 nitrogen and oxygen atoms in total. The molecule has 0 aliphatic heterocycles. The van der Waals surface area contributed by atoms with Crippen molar-refractivity contribution in [1.29, 1.82) is 0 Å². The van der Waals surface area contributed by atoms with Crippen LogP contribution in [0.25, 0.3) is 0 Å². The predicted octanol–water partition coefficient (Wildman–Crippen LogP) is 4.40. The van der Waals surface area contributed by atoms with Gasteiger partial charge >= 0.3 is 5.97 Å². The van der Waals surface area contributed by atoms with Crippen molar-refractivity contribution in [3.05, 3.63) is 59.7 Å². The number of aromatic carboxylic acids is 1. The second kappa shape index (κ2) is 9.35. The van der Waals surface area contributed by atoms with Crippen LogP contribution in [0, 0.1) is 0 Å². The molecule has 5 heteroatoms. The second-order valence-corrected chi connectivity index (χ2v) is 5.38. The molecule has 0 radical (unpaired) electrons. The SMILES string of the molecule is CCCCCOc1ccc(/C=N/Nc2ccc(C(=O)O)cc2)cc1. The van der Waals surface area contributed by atoms with Crippen molar-refractivity contribution in [3.63, 3.8) is 0 Å². The Bertz CT molecular complexity index is 664. The average molecular weight is 326 g/mol. The third-order valence-electron chi connectivity index (χ3n) is 3.44. The molecule has 0 saturated heterocycles. The first-order chi connectivity index (χ1) is 11.7. The number of carbonyl (C=O) groups is 1. The molecule has 0 aliphatic rings. The fourth-order valence-electron chi connectivity index (χ4n) is 2.06. The Morgan fingerprint density at radius 3 is 2.46 bits per heavy atom. The van der Waals surface area contributed by atoms with Crippen molar-refractivity contribution in [2.75, 3.05) is 12.0 Å². The highest BCUT2D eigenvalue weighted by molar-refractivity contribution is 5.88. The van der Waals surface area contributed by atoms with Gasteiger partial charge in [0.1, 0.15) is 5.75 Å². The maximum atomic E-state index is 10.8. The Balaban J connectivity index is 1.82. The van der Waals surface area contributed by atoms with Crippen LogP contribution in [-0.2, 0) is 0 Å². The van der Waals surface area contributed by atoms with Gasteiger partial charge in [0.2, 0.25) is 0 Å². The molecule has 0 aliphatic carbocycles. The number of carboxylic acids is 1. The van der Waals surface area contributed by atoms with Crippen molar-refractivity contribution in [2.24, 2.45) is 5.10 Å². The summed E-state index contributed by atoms with van der Waals surface area (Å²) in [6.45, 7) is 2.91. The normalized spacial score (nSPS) is 10.7. The molecule has 2 aromatic carbocycles. The highest BCUT2D eigenvalue weighted by Gasteiger charge is 2.00. The molecular weight excluding hydrogens is 304 g/mol. The van der Waals surface area contributed by atoms with Gasteiger partial charge in [-0.15, -0.1) is 0 Å². The quantitative estimate of drug-likeness (QED) is 0.407. The zero-order chi connectivity index (χ0) is 17.2. The largest absolute Gasteiger partial charge is 0.494 e. The first-order valence-corrected chi connectivity index (χ1v) is 8.04. The Kier molecular flexibility index (Phi) is 6.83. The number of hydrogen-bond donors (Lipinski definition) is 2. The fourth-order valence-corrected chi connectivity index (χ4v) is 2.06. The molecule has 0 spiro atoms. The first kappa shape index (κ1) is 17.5. The minimum atomic E-state index is -0.943. The maximum absolute atomic E-state index is 10.8. The van der Waals surface area contributed by atoms with E-state index in [0.717, 1.165) is 30.0 Å². The molecule has 0 atom stereocenters. The van der Waals surface area contributed by atoms with Crippen molar-refractivity contribution in [3.8, 4) is 5.75 Å². The number of hydrazone groups is 1. The summed E-state index contributed by atoms with van der Waals surface area (Å²) in [5.41, 5.74) is 4.80. The van der Waals surface area contributed by atoms with Crippen LogP contribution >= 0.6 is 0 Å². The summed E-state index contributed by atoms with van der Waals surface area (Å²) < 4.78 is 5.66. The zero-order valence-corrected chi connectivity index (χ0v) is 13.7. The number of rotatable bonds is 9. The number of benzene rings is 2. The van der Waals surface area contributed by atoms with Gasteiger partial charge in [0.15, 0.2) is 0 Å². The lowest BCUT2D eigenvalue weighted by Gasteiger charge is -2.05. The Hall–Kier alpha value is -2.82. The lowest BCUT2D eigenvalue weighted by molar-refractivity contribution is 0.0697. The van der Waals surface area contributed by atoms with Gasteiger partial charge < -0.3 is 9.84 Å². The van der Waals surface area contributed by atoms with Gasteiger partial charge in [-0.2, -0.15) is 5.10 Å². The maximum Gasteiger partial charge on any atom is 0.335 e. The van der Waals surface area contributed by atoms with E-state index in [1.165, 1.54) is 25.0 Å². The van der Waals surface area contributed by atoms with Crippen molar-refractivity contribution in [2.45, 2.75) is 26.2 Å². The molecule has 2 rings (SSSR count). The molecule has 0 amide bonds. The van der Waals surface area contributed by atoms with E-state index < -0.39 is 5.97 Å².